The molecule has 0 atom stereocenters. The molecule has 0 saturated heterocycles. The van der Waals surface area contributed by atoms with E-state index in [1.54, 1.807) is 30.3 Å². The summed E-state index contributed by atoms with van der Waals surface area (Å²) in [5.41, 5.74) is 3.91. The molecule has 0 spiro atoms. The molecule has 1 amide bonds. The third kappa shape index (κ3) is 4.06. The van der Waals surface area contributed by atoms with Crippen molar-refractivity contribution in [2.24, 2.45) is 0 Å². The van der Waals surface area contributed by atoms with E-state index >= 15 is 0 Å². The number of nitrogens with one attached hydrogen (secondary N) is 1. The smallest absolute Gasteiger partial charge is 0.226 e. The van der Waals surface area contributed by atoms with Gasteiger partial charge in [0.15, 0.2) is 0 Å². The molecule has 1 heterocycles. The number of hydrogen-bond acceptors (Lipinski definition) is 4. The Morgan fingerprint density at radius 1 is 1.32 bits per heavy atom. The number of hydrogen-bond donors (Lipinski definition) is 1. The number of likely N-dealkylation sites (N-methyl/N-ethyl adjacent to an activating group) is 1. The third-order valence-electron chi connectivity index (χ3n) is 2.76. The van der Waals surface area contributed by atoms with Gasteiger partial charge in [0.25, 0.3) is 0 Å². The molecular formula is C14H17N3OS. The van der Waals surface area contributed by atoms with Crippen molar-refractivity contribution < 1.29 is 4.79 Å². The maximum Gasteiger partial charge on any atom is 0.226 e. The highest BCUT2D eigenvalue weighted by molar-refractivity contribution is 7.09. The summed E-state index contributed by atoms with van der Waals surface area (Å²) in [6.45, 7) is 0.778. The van der Waals surface area contributed by atoms with E-state index in [-0.39, 0.29) is 5.91 Å². The normalized spacial score (nSPS) is 10.2. The van der Waals surface area contributed by atoms with Gasteiger partial charge in [-0.15, -0.1) is 11.3 Å². The van der Waals surface area contributed by atoms with Crippen LogP contribution in [0.5, 0.6) is 0 Å². The van der Waals surface area contributed by atoms with Crippen molar-refractivity contribution in [1.29, 1.82) is 0 Å². The summed E-state index contributed by atoms with van der Waals surface area (Å²) in [5.74, 6) is 0.116. The fourth-order valence-electron chi connectivity index (χ4n) is 1.59. The highest BCUT2D eigenvalue weighted by Crippen LogP contribution is 2.13. The lowest BCUT2D eigenvalue weighted by Gasteiger charge is -2.10. The van der Waals surface area contributed by atoms with E-state index in [9.17, 15) is 4.79 Å². The minimum absolute atomic E-state index is 0.116. The lowest BCUT2D eigenvalue weighted by molar-refractivity contribution is -0.127. The van der Waals surface area contributed by atoms with Gasteiger partial charge >= 0.3 is 0 Å². The SMILES string of the molecule is CN(C)C(=O)Cc1ccc(NCc2cncs2)cc1. The molecule has 100 valence electrons. The van der Waals surface area contributed by atoms with E-state index in [1.807, 2.05) is 36.0 Å². The van der Waals surface area contributed by atoms with Crippen LogP contribution < -0.4 is 5.32 Å². The lowest BCUT2D eigenvalue weighted by Crippen LogP contribution is -2.23. The van der Waals surface area contributed by atoms with Crippen molar-refractivity contribution in [3.63, 3.8) is 0 Å². The van der Waals surface area contributed by atoms with E-state index < -0.39 is 0 Å². The number of carbonyl (C=O) groups is 1. The molecule has 2 rings (SSSR count). The van der Waals surface area contributed by atoms with Gasteiger partial charge < -0.3 is 10.2 Å². The number of benzene rings is 1. The zero-order valence-electron chi connectivity index (χ0n) is 11.1. The zero-order valence-corrected chi connectivity index (χ0v) is 11.9. The van der Waals surface area contributed by atoms with Gasteiger partial charge in [-0.25, -0.2) is 0 Å². The fourth-order valence-corrected chi connectivity index (χ4v) is 2.13. The van der Waals surface area contributed by atoms with Crippen LogP contribution in [-0.2, 0) is 17.8 Å². The number of rotatable bonds is 5. The summed E-state index contributed by atoms with van der Waals surface area (Å²) < 4.78 is 0. The first-order chi connectivity index (χ1) is 9.15. The average molecular weight is 275 g/mol. The number of thiazole rings is 1. The van der Waals surface area contributed by atoms with Crippen molar-refractivity contribution in [3.8, 4) is 0 Å². The first-order valence-electron chi connectivity index (χ1n) is 6.05. The van der Waals surface area contributed by atoms with Crippen molar-refractivity contribution in [2.75, 3.05) is 19.4 Å². The van der Waals surface area contributed by atoms with Crippen molar-refractivity contribution in [3.05, 3.63) is 46.4 Å². The Bertz CT molecular complexity index is 520. The summed E-state index contributed by atoms with van der Waals surface area (Å²) in [7, 11) is 3.54. The molecule has 0 bridgehead atoms. The van der Waals surface area contributed by atoms with Crippen LogP contribution in [0.4, 0.5) is 5.69 Å². The molecule has 5 heteroatoms. The van der Waals surface area contributed by atoms with Crippen LogP contribution in [0.15, 0.2) is 36.0 Å². The first-order valence-corrected chi connectivity index (χ1v) is 6.93. The minimum atomic E-state index is 0.116. The highest BCUT2D eigenvalue weighted by atomic mass is 32.1. The van der Waals surface area contributed by atoms with Gasteiger partial charge in [-0.05, 0) is 17.7 Å². The molecule has 2 aromatic rings. The van der Waals surface area contributed by atoms with Gasteiger partial charge in [0.05, 0.1) is 18.5 Å². The van der Waals surface area contributed by atoms with E-state index in [0.717, 1.165) is 17.8 Å². The zero-order chi connectivity index (χ0) is 13.7. The summed E-state index contributed by atoms with van der Waals surface area (Å²) in [5, 5.41) is 3.33. The van der Waals surface area contributed by atoms with E-state index in [0.29, 0.717) is 6.42 Å². The van der Waals surface area contributed by atoms with Crippen LogP contribution in [0.25, 0.3) is 0 Å². The minimum Gasteiger partial charge on any atom is -0.380 e. The van der Waals surface area contributed by atoms with Crippen LogP contribution in [0.3, 0.4) is 0 Å². The van der Waals surface area contributed by atoms with Gasteiger partial charge in [0.2, 0.25) is 5.91 Å². The molecular weight excluding hydrogens is 258 g/mol. The Kier molecular flexibility index (Phi) is 4.52. The van der Waals surface area contributed by atoms with E-state index in [1.165, 1.54) is 4.88 Å². The van der Waals surface area contributed by atoms with Gasteiger partial charge in [-0.2, -0.15) is 0 Å². The Balaban J connectivity index is 1.89. The second-order valence-corrected chi connectivity index (χ2v) is 5.45. The molecule has 4 nitrogen and oxygen atoms in total. The largest absolute Gasteiger partial charge is 0.380 e. The molecule has 0 fully saturated rings. The average Bonchev–Trinajstić information content (AvgIpc) is 2.91. The molecule has 0 saturated carbocycles. The molecule has 0 aliphatic carbocycles. The van der Waals surface area contributed by atoms with Gasteiger partial charge in [-0.1, -0.05) is 12.1 Å². The maximum absolute atomic E-state index is 11.6. The molecule has 1 N–H and O–H groups in total. The van der Waals surface area contributed by atoms with Crippen molar-refractivity contribution >= 4 is 22.9 Å². The van der Waals surface area contributed by atoms with Gasteiger partial charge in [0, 0.05) is 30.9 Å². The highest BCUT2D eigenvalue weighted by Gasteiger charge is 2.05. The van der Waals surface area contributed by atoms with E-state index in [4.69, 9.17) is 0 Å². The standard InChI is InChI=1S/C14H17N3OS/c1-17(2)14(18)7-11-3-5-12(6-4-11)16-9-13-8-15-10-19-13/h3-6,8,10,16H,7,9H2,1-2H3. The number of amides is 1. The number of nitrogens with zero attached hydrogens (tertiary/aromatic N) is 2. The van der Waals surface area contributed by atoms with E-state index in [2.05, 4.69) is 10.3 Å². The second kappa shape index (κ2) is 6.33. The summed E-state index contributed by atoms with van der Waals surface area (Å²) in [6, 6.07) is 7.96. The van der Waals surface area contributed by atoms with Crippen LogP contribution in [0, 0.1) is 0 Å². The maximum atomic E-state index is 11.6. The predicted molar refractivity (Wildman–Crippen MR) is 78.3 cm³/mol. The fraction of sp³-hybridized carbons (Fsp3) is 0.286. The molecule has 0 aliphatic rings. The quantitative estimate of drug-likeness (QED) is 0.911. The Morgan fingerprint density at radius 3 is 2.63 bits per heavy atom. The van der Waals surface area contributed by atoms with Crippen LogP contribution in [0.1, 0.15) is 10.4 Å². The second-order valence-electron chi connectivity index (χ2n) is 4.48. The molecule has 0 aliphatic heterocycles. The molecule has 19 heavy (non-hydrogen) atoms. The predicted octanol–water partition coefficient (Wildman–Crippen LogP) is 2.39. The summed E-state index contributed by atoms with van der Waals surface area (Å²) in [6.07, 6.45) is 2.31. The molecule has 1 aromatic heterocycles. The number of aromatic nitrogens is 1. The monoisotopic (exact) mass is 275 g/mol. The van der Waals surface area contributed by atoms with Gasteiger partial charge in [0.1, 0.15) is 0 Å². The lowest BCUT2D eigenvalue weighted by atomic mass is 10.1. The first kappa shape index (κ1) is 13.5. The number of carbonyl (C=O) groups excluding carboxylic acids is 1. The number of anilines is 1. The van der Waals surface area contributed by atoms with Crippen LogP contribution in [0.2, 0.25) is 0 Å². The third-order valence-corrected chi connectivity index (χ3v) is 3.54. The molecule has 0 radical (unpaired) electrons. The Morgan fingerprint density at radius 2 is 2.05 bits per heavy atom. The molecule has 1 aromatic carbocycles. The van der Waals surface area contributed by atoms with Crippen LogP contribution >= 0.6 is 11.3 Å². The summed E-state index contributed by atoms with van der Waals surface area (Å²) >= 11 is 1.63. The van der Waals surface area contributed by atoms with Crippen molar-refractivity contribution in [2.45, 2.75) is 13.0 Å². The molecule has 0 unspecified atom stereocenters. The van der Waals surface area contributed by atoms with Crippen LogP contribution in [-0.4, -0.2) is 29.9 Å². The summed E-state index contributed by atoms with van der Waals surface area (Å²) in [4.78, 5) is 18.4. The Labute approximate surface area is 117 Å². The van der Waals surface area contributed by atoms with Crippen molar-refractivity contribution in [1.82, 2.24) is 9.88 Å². The topological polar surface area (TPSA) is 45.2 Å². The Hall–Kier alpha value is -1.88. The van der Waals surface area contributed by atoms with Gasteiger partial charge in [-0.3, -0.25) is 9.78 Å².